The van der Waals surface area contributed by atoms with Gasteiger partial charge in [-0.2, -0.15) is 0 Å². The highest BCUT2D eigenvalue weighted by atomic mass is 16.2. The maximum Gasteiger partial charge on any atom is 0.255 e. The Labute approximate surface area is 201 Å². The first-order valence-corrected chi connectivity index (χ1v) is 12.1. The van der Waals surface area contributed by atoms with Crippen molar-refractivity contribution in [3.05, 3.63) is 89.5 Å². The average Bonchev–Trinajstić information content (AvgIpc) is 3.21. The molecular weight excluding hydrogens is 422 g/mol. The van der Waals surface area contributed by atoms with Crippen molar-refractivity contribution in [3.63, 3.8) is 0 Å². The van der Waals surface area contributed by atoms with Crippen LogP contribution in [0.1, 0.15) is 37.7 Å². The van der Waals surface area contributed by atoms with Crippen LogP contribution in [-0.4, -0.2) is 61.7 Å². The van der Waals surface area contributed by atoms with Crippen LogP contribution in [0.15, 0.2) is 72.5 Å². The fourth-order valence-electron chi connectivity index (χ4n) is 5.26. The van der Waals surface area contributed by atoms with Crippen molar-refractivity contribution >= 4 is 17.0 Å². The maximum absolute atomic E-state index is 13.4. The molecule has 0 spiro atoms. The number of carbonyl (C=O) groups excluding carboxylic acids is 1. The quantitative estimate of drug-likeness (QED) is 0.686. The van der Waals surface area contributed by atoms with Crippen molar-refractivity contribution in [2.45, 2.75) is 46.7 Å². The van der Waals surface area contributed by atoms with Crippen molar-refractivity contribution in [2.75, 3.05) is 19.6 Å². The Morgan fingerprint density at radius 2 is 1.85 bits per heavy atom. The molecule has 0 saturated carbocycles. The summed E-state index contributed by atoms with van der Waals surface area (Å²) in [5.74, 6) is -0.0393. The molecule has 3 aliphatic heterocycles. The van der Waals surface area contributed by atoms with Crippen molar-refractivity contribution in [3.8, 4) is 0 Å². The van der Waals surface area contributed by atoms with E-state index in [0.717, 1.165) is 59.1 Å². The van der Waals surface area contributed by atoms with Crippen LogP contribution < -0.4 is 0 Å². The summed E-state index contributed by atoms with van der Waals surface area (Å²) in [5, 5.41) is 0. The largest absolute Gasteiger partial charge is 0.367 e. The van der Waals surface area contributed by atoms with Gasteiger partial charge in [0.15, 0.2) is 0 Å². The average molecular weight is 456 g/mol. The smallest absolute Gasteiger partial charge is 0.255 e. The molecule has 1 saturated heterocycles. The molecule has 1 atom stereocenters. The highest BCUT2D eigenvalue weighted by molar-refractivity contribution is 6.00. The van der Waals surface area contributed by atoms with Gasteiger partial charge in [-0.05, 0) is 64.5 Å². The van der Waals surface area contributed by atoms with E-state index in [9.17, 15) is 4.79 Å². The van der Waals surface area contributed by atoms with E-state index >= 15 is 0 Å². The minimum Gasteiger partial charge on any atom is -0.367 e. The minimum atomic E-state index is -0.0393. The van der Waals surface area contributed by atoms with Gasteiger partial charge in [-0.15, -0.1) is 0 Å². The lowest BCUT2D eigenvalue weighted by molar-refractivity contribution is -0.122. The van der Waals surface area contributed by atoms with Crippen molar-refractivity contribution in [1.82, 2.24) is 24.1 Å². The summed E-state index contributed by atoms with van der Waals surface area (Å²) < 4.78 is 2.09. The van der Waals surface area contributed by atoms with E-state index in [-0.39, 0.29) is 5.91 Å². The molecule has 2 aromatic rings. The lowest BCUT2D eigenvalue weighted by Crippen LogP contribution is -2.53. The number of nitrogens with zero attached hydrogens (tertiary/aromatic N) is 5. The first-order chi connectivity index (χ1) is 16.3. The third-order valence-corrected chi connectivity index (χ3v) is 6.95. The Morgan fingerprint density at radius 1 is 1.06 bits per heavy atom. The molecule has 1 amide bonds. The number of aryl methyl sites for hydroxylation is 2. The molecule has 34 heavy (non-hydrogen) atoms. The number of carbonyl (C=O) groups is 1. The van der Waals surface area contributed by atoms with Crippen LogP contribution >= 0.6 is 0 Å². The Morgan fingerprint density at radius 3 is 2.62 bits per heavy atom. The lowest BCUT2D eigenvalue weighted by Gasteiger charge is -2.44. The van der Waals surface area contributed by atoms with Gasteiger partial charge in [0.05, 0.1) is 22.6 Å². The highest BCUT2D eigenvalue weighted by Gasteiger charge is 2.28. The van der Waals surface area contributed by atoms with Crippen LogP contribution in [0.5, 0.6) is 0 Å². The van der Waals surface area contributed by atoms with Gasteiger partial charge in [-0.1, -0.05) is 12.2 Å². The molecular formula is C28H33N5O. The van der Waals surface area contributed by atoms with Crippen LogP contribution in [-0.2, 0) is 4.79 Å². The van der Waals surface area contributed by atoms with E-state index < -0.39 is 0 Å². The molecule has 0 unspecified atom stereocenters. The summed E-state index contributed by atoms with van der Waals surface area (Å²) in [6.45, 7) is 13.8. The number of amides is 1. The molecule has 3 aliphatic rings. The summed E-state index contributed by atoms with van der Waals surface area (Å²) in [5.41, 5.74) is 6.88. The van der Waals surface area contributed by atoms with E-state index in [0.29, 0.717) is 12.1 Å². The summed E-state index contributed by atoms with van der Waals surface area (Å²) >= 11 is 0. The summed E-state index contributed by atoms with van der Waals surface area (Å²) in [4.78, 5) is 24.7. The molecule has 0 bridgehead atoms. The number of aromatic nitrogens is 2. The summed E-state index contributed by atoms with van der Waals surface area (Å²) in [6, 6.07) is 3.12. The van der Waals surface area contributed by atoms with Crippen LogP contribution in [0.2, 0.25) is 0 Å². The summed E-state index contributed by atoms with van der Waals surface area (Å²) in [6.07, 6.45) is 18.0. The molecule has 0 aliphatic carbocycles. The van der Waals surface area contributed by atoms with E-state index in [2.05, 4.69) is 58.3 Å². The molecule has 0 N–H and O–H groups in total. The van der Waals surface area contributed by atoms with Gasteiger partial charge in [0, 0.05) is 67.6 Å². The lowest BCUT2D eigenvalue weighted by atomic mass is 10.0. The van der Waals surface area contributed by atoms with Gasteiger partial charge in [0.1, 0.15) is 0 Å². The molecule has 0 radical (unpaired) electrons. The highest BCUT2D eigenvalue weighted by Crippen LogP contribution is 2.27. The number of hydrogen-bond acceptors (Lipinski definition) is 4. The van der Waals surface area contributed by atoms with E-state index in [1.165, 1.54) is 0 Å². The first-order valence-electron chi connectivity index (χ1n) is 12.1. The SMILES string of the molecule is Cc1cn2cc(C3=C\C(=O)N4C=C(N5CCN(C(C)C)[C@H](C)C5)C=C\C4=C/C=C/3)cc2c(C)n1. The number of piperazine rings is 1. The first kappa shape index (κ1) is 22.4. The normalized spacial score (nSPS) is 25.4. The zero-order valence-electron chi connectivity index (χ0n) is 20.7. The minimum absolute atomic E-state index is 0.0393. The molecule has 6 nitrogen and oxygen atoms in total. The van der Waals surface area contributed by atoms with Gasteiger partial charge in [0.25, 0.3) is 5.91 Å². The monoisotopic (exact) mass is 455 g/mol. The Hall–Kier alpha value is -3.38. The van der Waals surface area contributed by atoms with Crippen LogP contribution in [0.4, 0.5) is 0 Å². The second-order valence-corrected chi connectivity index (χ2v) is 9.76. The van der Waals surface area contributed by atoms with Crippen molar-refractivity contribution in [1.29, 1.82) is 0 Å². The van der Waals surface area contributed by atoms with Gasteiger partial charge in [-0.3, -0.25) is 19.6 Å². The zero-order chi connectivity index (χ0) is 24.0. The Kier molecular flexibility index (Phi) is 5.78. The van der Waals surface area contributed by atoms with Crippen LogP contribution in [0.3, 0.4) is 0 Å². The van der Waals surface area contributed by atoms with Gasteiger partial charge < -0.3 is 9.30 Å². The second kappa shape index (κ2) is 8.76. The fraction of sp³-hybridized carbons (Fsp3) is 0.357. The van der Waals surface area contributed by atoms with E-state index in [1.54, 1.807) is 11.0 Å². The molecule has 1 fully saturated rings. The molecule has 0 aromatic carbocycles. The topological polar surface area (TPSA) is 44.1 Å². The molecule has 2 aromatic heterocycles. The maximum atomic E-state index is 13.4. The predicted molar refractivity (Wildman–Crippen MR) is 137 cm³/mol. The molecule has 5 rings (SSSR count). The van der Waals surface area contributed by atoms with Crippen LogP contribution in [0, 0.1) is 13.8 Å². The Bertz CT molecular complexity index is 1290. The number of allylic oxidation sites excluding steroid dienone is 6. The molecule has 6 heteroatoms. The van der Waals surface area contributed by atoms with E-state index in [1.807, 2.05) is 50.5 Å². The summed E-state index contributed by atoms with van der Waals surface area (Å²) in [7, 11) is 0. The van der Waals surface area contributed by atoms with Crippen molar-refractivity contribution < 1.29 is 4.79 Å². The van der Waals surface area contributed by atoms with Gasteiger partial charge in [-0.25, -0.2) is 0 Å². The number of hydrogen-bond donors (Lipinski definition) is 0. The number of rotatable bonds is 3. The third kappa shape index (κ3) is 4.14. The standard InChI is InChI=1S/C28H33N5O/c1-19(2)32-12-11-30(16-21(32)4)26-10-9-25-8-6-7-23(14-28(34)33(25)18-26)24-13-27-22(5)29-20(3)15-31(27)17-24/h6-10,13-15,17-19,21H,11-12,16H2,1-5H3/b7-6+,23-14+,25-8+/t21-/m1/s1. The van der Waals surface area contributed by atoms with Crippen molar-refractivity contribution in [2.24, 2.45) is 0 Å². The van der Waals surface area contributed by atoms with Gasteiger partial charge in [0.2, 0.25) is 0 Å². The zero-order valence-corrected chi connectivity index (χ0v) is 20.7. The Balaban J connectivity index is 1.43. The third-order valence-electron chi connectivity index (χ3n) is 6.95. The van der Waals surface area contributed by atoms with Crippen LogP contribution in [0.25, 0.3) is 11.1 Å². The fourth-order valence-corrected chi connectivity index (χ4v) is 5.26. The number of fused-ring (bicyclic) bond motifs is 2. The van der Waals surface area contributed by atoms with Gasteiger partial charge >= 0.3 is 0 Å². The molecule has 176 valence electrons. The molecule has 5 heterocycles. The van der Waals surface area contributed by atoms with E-state index in [4.69, 9.17) is 0 Å². The predicted octanol–water partition coefficient (Wildman–Crippen LogP) is 4.44. The second-order valence-electron chi connectivity index (χ2n) is 9.76.